The lowest BCUT2D eigenvalue weighted by Crippen LogP contribution is -2.53. The molecule has 2 heterocycles. The van der Waals surface area contributed by atoms with Crippen molar-refractivity contribution in [3.05, 3.63) is 35.4 Å². The van der Waals surface area contributed by atoms with E-state index in [1.165, 1.54) is 11.1 Å². The summed E-state index contributed by atoms with van der Waals surface area (Å²) < 4.78 is 5.38. The van der Waals surface area contributed by atoms with Crippen LogP contribution < -0.4 is 10.6 Å². The van der Waals surface area contributed by atoms with E-state index in [-0.39, 0.29) is 24.6 Å². The second-order valence-corrected chi connectivity index (χ2v) is 5.99. The average molecular weight is 290 g/mol. The van der Waals surface area contributed by atoms with Crippen molar-refractivity contribution in [3.63, 3.8) is 0 Å². The number of carbonyl (C=O) groups is 1. The Kier molecular flexibility index (Phi) is 3.97. The molecule has 1 aromatic rings. The number of amides is 1. The number of hydrogen-bond acceptors (Lipinski definition) is 4. The molecule has 2 aliphatic heterocycles. The van der Waals surface area contributed by atoms with Crippen molar-refractivity contribution < 1.29 is 14.6 Å². The molecule has 5 nitrogen and oxygen atoms in total. The lowest BCUT2D eigenvalue weighted by Gasteiger charge is -2.29. The van der Waals surface area contributed by atoms with Crippen molar-refractivity contribution in [1.29, 1.82) is 0 Å². The first kappa shape index (κ1) is 14.5. The van der Waals surface area contributed by atoms with Gasteiger partial charge < -0.3 is 20.5 Å². The van der Waals surface area contributed by atoms with E-state index in [9.17, 15) is 9.90 Å². The zero-order chi connectivity index (χ0) is 14.9. The number of nitrogens with one attached hydrogen (secondary N) is 2. The molecule has 5 heteroatoms. The summed E-state index contributed by atoms with van der Waals surface area (Å²) in [6.45, 7) is 3.34. The highest BCUT2D eigenvalue weighted by atomic mass is 16.5. The smallest absolute Gasteiger partial charge is 0.237 e. The number of benzene rings is 1. The van der Waals surface area contributed by atoms with Crippen LogP contribution in [0.5, 0.6) is 0 Å². The van der Waals surface area contributed by atoms with E-state index in [2.05, 4.69) is 22.8 Å². The van der Waals surface area contributed by atoms with E-state index in [1.807, 2.05) is 19.1 Å². The quantitative estimate of drug-likeness (QED) is 0.751. The Hall–Kier alpha value is -1.43. The molecule has 0 aliphatic carbocycles. The van der Waals surface area contributed by atoms with E-state index >= 15 is 0 Å². The zero-order valence-corrected chi connectivity index (χ0v) is 12.3. The second-order valence-electron chi connectivity index (χ2n) is 5.99. The number of carbonyl (C=O) groups excluding carboxylic acids is 1. The van der Waals surface area contributed by atoms with Gasteiger partial charge in [0, 0.05) is 26.1 Å². The molecule has 0 aromatic heterocycles. The third-order valence-electron chi connectivity index (χ3n) is 4.63. The third kappa shape index (κ3) is 2.95. The van der Waals surface area contributed by atoms with E-state index in [0.717, 1.165) is 0 Å². The summed E-state index contributed by atoms with van der Waals surface area (Å²) in [4.78, 5) is 12.3. The molecule has 1 amide bonds. The van der Waals surface area contributed by atoms with Crippen LogP contribution in [0, 0.1) is 0 Å². The summed E-state index contributed by atoms with van der Waals surface area (Å²) >= 11 is 0. The number of hydrogen-bond donors (Lipinski definition) is 3. The van der Waals surface area contributed by atoms with Crippen LogP contribution in [-0.2, 0) is 22.5 Å². The molecule has 3 atom stereocenters. The van der Waals surface area contributed by atoms with Crippen molar-refractivity contribution in [2.45, 2.75) is 44.1 Å². The molecule has 21 heavy (non-hydrogen) atoms. The molecule has 3 N–H and O–H groups in total. The van der Waals surface area contributed by atoms with Crippen LogP contribution in [0.1, 0.15) is 24.5 Å². The minimum absolute atomic E-state index is 0.0583. The predicted molar refractivity (Wildman–Crippen MR) is 78.8 cm³/mol. The van der Waals surface area contributed by atoms with Gasteiger partial charge in [0.25, 0.3) is 0 Å². The first-order chi connectivity index (χ1) is 10.1. The summed E-state index contributed by atoms with van der Waals surface area (Å²) in [6.07, 6.45) is 1.01. The number of aliphatic hydroxyl groups is 1. The van der Waals surface area contributed by atoms with Crippen molar-refractivity contribution >= 4 is 5.91 Å². The minimum Gasteiger partial charge on any atom is -0.385 e. The largest absolute Gasteiger partial charge is 0.385 e. The van der Waals surface area contributed by atoms with Gasteiger partial charge in [0.15, 0.2) is 0 Å². The van der Waals surface area contributed by atoms with Crippen molar-refractivity contribution in [2.75, 3.05) is 13.2 Å². The van der Waals surface area contributed by atoms with Gasteiger partial charge in [-0.1, -0.05) is 24.3 Å². The Morgan fingerprint density at radius 2 is 2.24 bits per heavy atom. The standard InChI is InChI=1S/C16H22N2O3/c1-11-16(20,6-7-21-11)10-18-15(19)14-8-12-4-2-3-5-13(12)9-17-14/h2-5,11,14,17,20H,6-10H2,1H3,(H,18,19)/t11?,14-,16?/m0/s1. The van der Waals surface area contributed by atoms with Gasteiger partial charge in [0.1, 0.15) is 5.60 Å². The van der Waals surface area contributed by atoms with Gasteiger partial charge in [0.05, 0.1) is 12.1 Å². The van der Waals surface area contributed by atoms with Crippen LogP contribution in [0.15, 0.2) is 24.3 Å². The molecule has 0 spiro atoms. The molecule has 2 aliphatic rings. The third-order valence-corrected chi connectivity index (χ3v) is 4.63. The summed E-state index contributed by atoms with van der Waals surface area (Å²) in [6, 6.07) is 7.92. The minimum atomic E-state index is -0.942. The normalized spacial score (nSPS) is 31.7. The van der Waals surface area contributed by atoms with Gasteiger partial charge in [-0.15, -0.1) is 0 Å². The highest BCUT2D eigenvalue weighted by molar-refractivity contribution is 5.82. The van der Waals surface area contributed by atoms with Crippen LogP contribution in [0.4, 0.5) is 0 Å². The molecule has 0 radical (unpaired) electrons. The van der Waals surface area contributed by atoms with E-state index < -0.39 is 5.60 Å². The number of rotatable bonds is 3. The fourth-order valence-corrected chi connectivity index (χ4v) is 3.01. The monoisotopic (exact) mass is 290 g/mol. The molecule has 1 aromatic carbocycles. The first-order valence-electron chi connectivity index (χ1n) is 7.50. The molecular weight excluding hydrogens is 268 g/mol. The summed E-state index contributed by atoms with van der Waals surface area (Å²) in [5.74, 6) is -0.0583. The molecule has 3 rings (SSSR count). The lowest BCUT2D eigenvalue weighted by molar-refractivity contribution is -0.125. The average Bonchev–Trinajstić information content (AvgIpc) is 2.84. The lowest BCUT2D eigenvalue weighted by atomic mass is 9.94. The van der Waals surface area contributed by atoms with Crippen LogP contribution in [-0.4, -0.2) is 41.9 Å². The van der Waals surface area contributed by atoms with Gasteiger partial charge in [-0.25, -0.2) is 0 Å². The van der Waals surface area contributed by atoms with Crippen LogP contribution in [0.3, 0.4) is 0 Å². The SMILES string of the molecule is CC1OCCC1(O)CNC(=O)[C@@H]1Cc2ccccc2CN1. The molecule has 114 valence electrons. The van der Waals surface area contributed by atoms with Crippen LogP contribution in [0.25, 0.3) is 0 Å². The Morgan fingerprint density at radius 1 is 1.48 bits per heavy atom. The highest BCUT2D eigenvalue weighted by Gasteiger charge is 2.40. The van der Waals surface area contributed by atoms with Gasteiger partial charge in [-0.05, 0) is 24.5 Å². The van der Waals surface area contributed by atoms with Gasteiger partial charge in [0.2, 0.25) is 5.91 Å². The van der Waals surface area contributed by atoms with Crippen molar-refractivity contribution in [1.82, 2.24) is 10.6 Å². The van der Waals surface area contributed by atoms with Crippen molar-refractivity contribution in [3.8, 4) is 0 Å². The molecule has 0 saturated carbocycles. The Labute approximate surface area is 124 Å². The summed E-state index contributed by atoms with van der Waals surface area (Å²) in [7, 11) is 0. The topological polar surface area (TPSA) is 70.6 Å². The maximum absolute atomic E-state index is 12.3. The number of fused-ring (bicyclic) bond motifs is 1. The Bertz CT molecular complexity index is 534. The van der Waals surface area contributed by atoms with Gasteiger partial charge >= 0.3 is 0 Å². The van der Waals surface area contributed by atoms with Crippen LogP contribution in [0.2, 0.25) is 0 Å². The van der Waals surface area contributed by atoms with E-state index in [0.29, 0.717) is 26.0 Å². The fourth-order valence-electron chi connectivity index (χ4n) is 3.01. The molecule has 1 saturated heterocycles. The van der Waals surface area contributed by atoms with Crippen molar-refractivity contribution in [2.24, 2.45) is 0 Å². The first-order valence-corrected chi connectivity index (χ1v) is 7.50. The van der Waals surface area contributed by atoms with Gasteiger partial charge in [-0.3, -0.25) is 4.79 Å². The summed E-state index contributed by atoms with van der Waals surface area (Å²) in [5.41, 5.74) is 1.52. The zero-order valence-electron chi connectivity index (χ0n) is 12.3. The van der Waals surface area contributed by atoms with Crippen LogP contribution >= 0.6 is 0 Å². The van der Waals surface area contributed by atoms with E-state index in [1.54, 1.807) is 0 Å². The highest BCUT2D eigenvalue weighted by Crippen LogP contribution is 2.25. The van der Waals surface area contributed by atoms with E-state index in [4.69, 9.17) is 4.74 Å². The Balaban J connectivity index is 1.57. The fraction of sp³-hybridized carbons (Fsp3) is 0.562. The maximum Gasteiger partial charge on any atom is 0.237 e. The molecular formula is C16H22N2O3. The predicted octanol–water partition coefficient (Wildman–Crippen LogP) is 0.357. The van der Waals surface area contributed by atoms with Gasteiger partial charge in [-0.2, -0.15) is 0 Å². The molecule has 0 bridgehead atoms. The second kappa shape index (κ2) is 5.75. The Morgan fingerprint density at radius 3 is 2.95 bits per heavy atom. The maximum atomic E-state index is 12.3. The molecule has 2 unspecified atom stereocenters. The number of ether oxygens (including phenoxy) is 1. The summed E-state index contributed by atoms with van der Waals surface area (Å²) in [5, 5.41) is 16.5. The molecule has 1 fully saturated rings.